The molecule has 2 spiro atoms. The average molecular weight is 656 g/mol. The Hall–Kier alpha value is -2.45. The number of urea groups is 1. The lowest BCUT2D eigenvalue weighted by Gasteiger charge is -2.38. The smallest absolute Gasteiger partial charge is 0.315 e. The minimum Gasteiger partial charge on any atom is -0.381 e. The van der Waals surface area contributed by atoms with Crippen LogP contribution in [0.3, 0.4) is 0 Å². The minimum atomic E-state index is -3.33. The van der Waals surface area contributed by atoms with Crippen molar-refractivity contribution in [3.8, 4) is 0 Å². The van der Waals surface area contributed by atoms with Crippen LogP contribution in [0.15, 0.2) is 0 Å². The van der Waals surface area contributed by atoms with Gasteiger partial charge in [-0.2, -0.15) is 8.42 Å². The molecule has 13 nitrogen and oxygen atoms in total. The van der Waals surface area contributed by atoms with E-state index < -0.39 is 79.8 Å². The molecule has 0 aromatic carbocycles. The molecular weight excluding hydrogens is 600 g/mol. The van der Waals surface area contributed by atoms with Crippen molar-refractivity contribution < 1.29 is 37.0 Å². The number of aliphatic hydroxyl groups excluding tert-OH is 1. The molecule has 14 heteroatoms. The SMILES string of the molecule is CC(C)(C)NC(=O)N[C@H](C(=O)N1C[C@]2(C[C@H]1C(=O)NC(CC1CCC1)C(O)C(N)=O)C(C)(C)C21C[NH+](S(C)(=O)=O)C1)C(C)(C)C. The maximum Gasteiger partial charge on any atom is 0.315 e. The van der Waals surface area contributed by atoms with Crippen LogP contribution in [0, 0.1) is 27.6 Å². The lowest BCUT2D eigenvalue weighted by molar-refractivity contribution is -0.836. The third-order valence-corrected chi connectivity index (χ3v) is 12.7. The van der Waals surface area contributed by atoms with Gasteiger partial charge in [0.2, 0.25) is 17.7 Å². The second kappa shape index (κ2) is 11.4. The van der Waals surface area contributed by atoms with Gasteiger partial charge in [-0.05, 0) is 50.4 Å². The quantitative estimate of drug-likeness (QED) is 0.193. The van der Waals surface area contributed by atoms with Gasteiger partial charge in [0, 0.05) is 17.5 Å². The Morgan fingerprint density at radius 3 is 2.04 bits per heavy atom. The number of amides is 5. The Labute approximate surface area is 267 Å². The summed E-state index contributed by atoms with van der Waals surface area (Å²) in [6.07, 6.45) is 3.22. The van der Waals surface area contributed by atoms with E-state index in [0.29, 0.717) is 30.2 Å². The van der Waals surface area contributed by atoms with Crippen molar-refractivity contribution in [3.05, 3.63) is 0 Å². The molecule has 0 aromatic rings. The van der Waals surface area contributed by atoms with E-state index in [1.54, 1.807) is 0 Å². The zero-order valence-corrected chi connectivity index (χ0v) is 29.2. The number of fused-ring (bicyclic) bond motifs is 1. The Morgan fingerprint density at radius 2 is 1.60 bits per heavy atom. The van der Waals surface area contributed by atoms with Gasteiger partial charge in [-0.3, -0.25) is 14.4 Å². The Balaban J connectivity index is 1.67. The topological polar surface area (TPSA) is 192 Å². The largest absolute Gasteiger partial charge is 0.381 e. The molecule has 0 aromatic heterocycles. The van der Waals surface area contributed by atoms with Crippen LogP contribution in [0.2, 0.25) is 0 Å². The summed E-state index contributed by atoms with van der Waals surface area (Å²) in [6, 6.07) is -3.35. The third kappa shape index (κ3) is 6.30. The standard InChI is InChI=1S/C31H54N6O7S/c1-27(2,3)22(34-26(42)35-28(4,5)6)25(41)37-17-30(29(7,8)31(30)15-36(16-31)45(9,43)44)14-20(37)24(40)33-19(21(38)23(32)39)13-18-11-10-12-18/h18-22,38H,10-17H2,1-9H3,(H2,32,39)(H,33,40)(H2,34,35,42)/p+1/t19?,20-,21?,22+,30+/m0/s1. The number of hydrogen-bond donors (Lipinski definition) is 6. The fourth-order valence-electron chi connectivity index (χ4n) is 8.25. The molecule has 5 atom stereocenters. The molecule has 0 radical (unpaired) electrons. The Bertz CT molecular complexity index is 1330. The van der Waals surface area contributed by atoms with E-state index in [0.717, 1.165) is 19.3 Å². The van der Waals surface area contributed by atoms with Crippen LogP contribution in [0.25, 0.3) is 0 Å². The molecule has 2 aliphatic carbocycles. The normalized spacial score (nSPS) is 31.4. The van der Waals surface area contributed by atoms with Gasteiger partial charge in [0.05, 0.1) is 17.7 Å². The number of primary amides is 1. The van der Waals surface area contributed by atoms with Crippen molar-refractivity contribution in [2.75, 3.05) is 25.9 Å². The number of sulfonamides is 1. The lowest BCUT2D eigenvalue weighted by atomic mass is 9.79. The summed E-state index contributed by atoms with van der Waals surface area (Å²) in [5, 5.41) is 19.2. The van der Waals surface area contributed by atoms with Crippen LogP contribution in [0.4, 0.5) is 4.79 Å². The molecule has 2 aliphatic heterocycles. The van der Waals surface area contributed by atoms with Crippen molar-refractivity contribution in [2.45, 2.75) is 117 Å². The first kappa shape index (κ1) is 35.4. The second-order valence-electron chi connectivity index (χ2n) is 16.8. The summed E-state index contributed by atoms with van der Waals surface area (Å²) in [6.45, 7) is 16.2. The maximum absolute atomic E-state index is 14.5. The summed E-state index contributed by atoms with van der Waals surface area (Å²) in [7, 11) is -3.33. The van der Waals surface area contributed by atoms with Gasteiger partial charge in [0.1, 0.15) is 25.2 Å². The van der Waals surface area contributed by atoms with E-state index in [1.807, 2.05) is 41.5 Å². The highest BCUT2D eigenvalue weighted by Crippen LogP contribution is 2.82. The fraction of sp³-hybridized carbons (Fsp3) is 0.871. The van der Waals surface area contributed by atoms with Gasteiger partial charge in [-0.25, -0.2) is 9.10 Å². The van der Waals surface area contributed by atoms with Crippen LogP contribution in [0.5, 0.6) is 0 Å². The number of quaternary nitrogens is 1. The fourth-order valence-corrected chi connectivity index (χ4v) is 9.26. The first-order valence-corrected chi connectivity index (χ1v) is 18.0. The zero-order valence-electron chi connectivity index (χ0n) is 28.4. The molecule has 45 heavy (non-hydrogen) atoms. The zero-order chi connectivity index (χ0) is 34.1. The predicted molar refractivity (Wildman–Crippen MR) is 168 cm³/mol. The monoisotopic (exact) mass is 655 g/mol. The van der Waals surface area contributed by atoms with E-state index in [1.165, 1.54) is 11.2 Å². The number of aliphatic hydroxyl groups is 1. The van der Waals surface area contributed by atoms with Gasteiger partial charge in [0.25, 0.3) is 10.0 Å². The maximum atomic E-state index is 14.5. The highest BCUT2D eigenvalue weighted by molar-refractivity contribution is 7.84. The van der Waals surface area contributed by atoms with Crippen LogP contribution in [-0.2, 0) is 24.4 Å². The molecule has 2 saturated carbocycles. The van der Waals surface area contributed by atoms with Crippen LogP contribution < -0.4 is 26.0 Å². The summed E-state index contributed by atoms with van der Waals surface area (Å²) in [5.41, 5.74) is 2.89. The van der Waals surface area contributed by atoms with Crippen LogP contribution in [-0.4, -0.2) is 97.8 Å². The van der Waals surface area contributed by atoms with Crippen LogP contribution >= 0.6 is 0 Å². The number of carbonyl (C=O) groups excluding carboxylic acids is 4. The lowest BCUT2D eigenvalue weighted by Crippen LogP contribution is -3.22. The summed E-state index contributed by atoms with van der Waals surface area (Å²) in [4.78, 5) is 55.2. The van der Waals surface area contributed by atoms with Gasteiger partial charge < -0.3 is 31.7 Å². The minimum absolute atomic E-state index is 0.217. The van der Waals surface area contributed by atoms with Gasteiger partial charge in [-0.15, -0.1) is 0 Å². The van der Waals surface area contributed by atoms with Crippen molar-refractivity contribution in [1.29, 1.82) is 0 Å². The molecule has 4 rings (SSSR count). The first-order valence-electron chi connectivity index (χ1n) is 16.1. The van der Waals surface area contributed by atoms with Crippen molar-refractivity contribution >= 4 is 33.8 Å². The molecule has 7 N–H and O–H groups in total. The number of nitrogens with two attached hydrogens (primary N) is 1. The number of hydrogen-bond acceptors (Lipinski definition) is 7. The molecule has 2 heterocycles. The van der Waals surface area contributed by atoms with E-state index >= 15 is 0 Å². The highest BCUT2D eigenvalue weighted by atomic mass is 32.2. The number of carbonyl (C=O) groups is 4. The van der Waals surface area contributed by atoms with E-state index in [9.17, 15) is 32.7 Å². The molecule has 4 aliphatic rings. The Morgan fingerprint density at radius 1 is 1.02 bits per heavy atom. The predicted octanol–water partition coefficient (Wildman–Crippen LogP) is -0.508. The summed E-state index contributed by atoms with van der Waals surface area (Å²) in [5.74, 6) is -1.60. The van der Waals surface area contributed by atoms with Crippen molar-refractivity contribution in [2.24, 2.45) is 33.3 Å². The number of rotatable bonds is 9. The molecule has 2 unspecified atom stereocenters. The number of nitrogens with zero attached hydrogens (tertiary/aromatic N) is 1. The average Bonchev–Trinajstić information content (AvgIpc) is 3.06. The van der Waals surface area contributed by atoms with E-state index in [-0.39, 0.29) is 17.9 Å². The highest BCUT2D eigenvalue weighted by Gasteiger charge is 2.90. The third-order valence-electron chi connectivity index (χ3n) is 11.4. The van der Waals surface area contributed by atoms with Crippen molar-refractivity contribution in [1.82, 2.24) is 20.9 Å². The van der Waals surface area contributed by atoms with Crippen LogP contribution in [0.1, 0.15) is 87.5 Å². The number of nitrogens with one attached hydrogen (secondary N) is 4. The van der Waals surface area contributed by atoms with Crippen molar-refractivity contribution in [3.63, 3.8) is 0 Å². The second-order valence-corrected chi connectivity index (χ2v) is 18.9. The van der Waals surface area contributed by atoms with E-state index in [4.69, 9.17) is 5.73 Å². The molecule has 256 valence electrons. The Kier molecular flexibility index (Phi) is 8.94. The molecule has 2 saturated heterocycles. The summed E-state index contributed by atoms with van der Waals surface area (Å²) < 4.78 is 25.2. The number of likely N-dealkylation sites (tertiary alicyclic amines) is 1. The molecular formula is C31H55N6O7S+. The van der Waals surface area contributed by atoms with Gasteiger partial charge >= 0.3 is 6.03 Å². The van der Waals surface area contributed by atoms with E-state index in [2.05, 4.69) is 29.8 Å². The summed E-state index contributed by atoms with van der Waals surface area (Å²) >= 11 is 0. The molecule has 5 amide bonds. The first-order chi connectivity index (χ1) is 20.4. The molecule has 0 bridgehead atoms. The van der Waals surface area contributed by atoms with Gasteiger partial charge in [-0.1, -0.05) is 53.9 Å². The molecule has 4 fully saturated rings. The van der Waals surface area contributed by atoms with Gasteiger partial charge in [0.15, 0.2) is 6.10 Å².